The number of sulfonamides is 1. The molecule has 1 aromatic carbocycles. The normalized spacial score (nSPS) is 11.9. The highest BCUT2D eigenvalue weighted by Crippen LogP contribution is 2.18. The summed E-state index contributed by atoms with van der Waals surface area (Å²) >= 11 is 1.57. The molecule has 0 aliphatic carbocycles. The van der Waals surface area contributed by atoms with Crippen molar-refractivity contribution in [1.29, 1.82) is 0 Å². The Labute approximate surface area is 149 Å². The smallest absolute Gasteiger partial charge is 0.243 e. The van der Waals surface area contributed by atoms with E-state index in [1.807, 2.05) is 27.9 Å². The molecule has 0 unspecified atom stereocenters. The standard InChI is InChI=1S/C16H27N3O3S2/c1-5-19(6-2)24(21,22)15-9-7-14(8-10-15)17-16(20)13-23-12-11-18(3)4/h7-10H,5-6,11-13H2,1-4H3,(H,17,20). The number of nitrogens with zero attached hydrogens (tertiary/aromatic N) is 2. The minimum Gasteiger partial charge on any atom is -0.325 e. The maximum absolute atomic E-state index is 12.4. The lowest BCUT2D eigenvalue weighted by atomic mass is 10.3. The Morgan fingerprint density at radius 1 is 1.12 bits per heavy atom. The van der Waals surface area contributed by atoms with E-state index in [-0.39, 0.29) is 10.8 Å². The van der Waals surface area contributed by atoms with E-state index < -0.39 is 10.0 Å². The minimum absolute atomic E-state index is 0.0851. The number of nitrogens with one attached hydrogen (secondary N) is 1. The number of carbonyl (C=O) groups is 1. The van der Waals surface area contributed by atoms with Crippen LogP contribution >= 0.6 is 11.8 Å². The first-order chi connectivity index (χ1) is 11.3. The Kier molecular flexibility index (Phi) is 8.75. The zero-order valence-corrected chi connectivity index (χ0v) is 16.4. The van der Waals surface area contributed by atoms with Crippen LogP contribution in [0.4, 0.5) is 5.69 Å². The van der Waals surface area contributed by atoms with Crippen LogP contribution in [-0.2, 0) is 14.8 Å². The van der Waals surface area contributed by atoms with Crippen LogP contribution in [0.2, 0.25) is 0 Å². The van der Waals surface area contributed by atoms with E-state index in [4.69, 9.17) is 0 Å². The van der Waals surface area contributed by atoms with Crippen LogP contribution in [0.25, 0.3) is 0 Å². The van der Waals surface area contributed by atoms with Gasteiger partial charge in [0.05, 0.1) is 10.6 Å². The van der Waals surface area contributed by atoms with Crippen molar-refractivity contribution in [2.45, 2.75) is 18.7 Å². The summed E-state index contributed by atoms with van der Waals surface area (Å²) < 4.78 is 26.2. The molecule has 0 spiro atoms. The molecule has 0 aromatic heterocycles. The third kappa shape index (κ3) is 6.43. The molecular formula is C16H27N3O3S2. The number of hydrogen-bond acceptors (Lipinski definition) is 5. The van der Waals surface area contributed by atoms with Crippen LogP contribution in [-0.4, -0.2) is 68.8 Å². The molecule has 8 heteroatoms. The van der Waals surface area contributed by atoms with Crippen molar-refractivity contribution in [3.63, 3.8) is 0 Å². The van der Waals surface area contributed by atoms with Crippen molar-refractivity contribution >= 4 is 33.4 Å². The van der Waals surface area contributed by atoms with Crippen molar-refractivity contribution in [1.82, 2.24) is 9.21 Å². The maximum Gasteiger partial charge on any atom is 0.243 e. The average Bonchev–Trinajstić information content (AvgIpc) is 2.53. The van der Waals surface area contributed by atoms with Gasteiger partial charge in [-0.25, -0.2) is 8.42 Å². The van der Waals surface area contributed by atoms with E-state index in [0.717, 1.165) is 12.3 Å². The number of anilines is 1. The highest BCUT2D eigenvalue weighted by Gasteiger charge is 2.21. The van der Waals surface area contributed by atoms with E-state index in [2.05, 4.69) is 10.2 Å². The van der Waals surface area contributed by atoms with Gasteiger partial charge in [0.15, 0.2) is 0 Å². The van der Waals surface area contributed by atoms with E-state index in [0.29, 0.717) is 24.5 Å². The third-order valence-electron chi connectivity index (χ3n) is 3.40. The van der Waals surface area contributed by atoms with Crippen molar-refractivity contribution in [2.24, 2.45) is 0 Å². The molecule has 1 rings (SSSR count). The molecule has 136 valence electrons. The second kappa shape index (κ2) is 10.0. The minimum atomic E-state index is -3.46. The first-order valence-corrected chi connectivity index (χ1v) is 10.5. The summed E-state index contributed by atoms with van der Waals surface area (Å²) in [7, 11) is 0.529. The lowest BCUT2D eigenvalue weighted by Gasteiger charge is -2.18. The topological polar surface area (TPSA) is 69.7 Å². The molecule has 1 aromatic rings. The summed E-state index contributed by atoms with van der Waals surface area (Å²) in [6.45, 7) is 5.41. The van der Waals surface area contributed by atoms with Crippen LogP contribution < -0.4 is 5.32 Å². The third-order valence-corrected chi connectivity index (χ3v) is 6.40. The lowest BCUT2D eigenvalue weighted by molar-refractivity contribution is -0.113. The highest BCUT2D eigenvalue weighted by molar-refractivity contribution is 7.99. The molecule has 0 atom stereocenters. The van der Waals surface area contributed by atoms with E-state index in [1.165, 1.54) is 16.4 Å². The average molecular weight is 374 g/mol. The van der Waals surface area contributed by atoms with Gasteiger partial charge in [0.25, 0.3) is 0 Å². The number of amides is 1. The van der Waals surface area contributed by atoms with Gasteiger partial charge in [-0.2, -0.15) is 16.1 Å². The van der Waals surface area contributed by atoms with E-state index in [1.54, 1.807) is 23.9 Å². The fourth-order valence-corrected chi connectivity index (χ4v) is 4.39. The van der Waals surface area contributed by atoms with Crippen molar-refractivity contribution in [2.75, 3.05) is 50.6 Å². The summed E-state index contributed by atoms with van der Waals surface area (Å²) in [5.41, 5.74) is 0.603. The number of benzene rings is 1. The Bertz CT molecular complexity index is 612. The molecule has 6 nitrogen and oxygen atoms in total. The molecule has 0 aliphatic rings. The molecular weight excluding hydrogens is 346 g/mol. The molecule has 0 bridgehead atoms. The number of hydrogen-bond donors (Lipinski definition) is 1. The van der Waals surface area contributed by atoms with Gasteiger partial charge >= 0.3 is 0 Å². The van der Waals surface area contributed by atoms with Gasteiger partial charge in [0.1, 0.15) is 0 Å². The Balaban J connectivity index is 2.60. The summed E-state index contributed by atoms with van der Waals surface area (Å²) in [6.07, 6.45) is 0. The molecule has 24 heavy (non-hydrogen) atoms. The van der Waals surface area contributed by atoms with Crippen molar-refractivity contribution in [3.05, 3.63) is 24.3 Å². The monoisotopic (exact) mass is 373 g/mol. The van der Waals surface area contributed by atoms with Gasteiger partial charge in [-0.15, -0.1) is 0 Å². The molecule has 0 saturated carbocycles. The molecule has 1 amide bonds. The van der Waals surface area contributed by atoms with Gasteiger partial charge < -0.3 is 10.2 Å². The highest BCUT2D eigenvalue weighted by atomic mass is 32.2. The molecule has 0 heterocycles. The van der Waals surface area contributed by atoms with Gasteiger partial charge in [0.2, 0.25) is 15.9 Å². The van der Waals surface area contributed by atoms with Crippen LogP contribution in [0.15, 0.2) is 29.2 Å². The predicted octanol–water partition coefficient (Wildman–Crippen LogP) is 1.95. The molecule has 0 fully saturated rings. The molecule has 0 saturated heterocycles. The Morgan fingerprint density at radius 3 is 2.21 bits per heavy atom. The summed E-state index contributed by atoms with van der Waals surface area (Å²) in [5, 5.41) is 2.78. The quantitative estimate of drug-likeness (QED) is 0.635. The number of rotatable bonds is 10. The molecule has 0 radical (unpaired) electrons. The van der Waals surface area contributed by atoms with Gasteiger partial charge in [0, 0.05) is 31.1 Å². The van der Waals surface area contributed by atoms with Gasteiger partial charge in [-0.05, 0) is 38.4 Å². The molecule has 0 aliphatic heterocycles. The zero-order chi connectivity index (χ0) is 18.2. The van der Waals surface area contributed by atoms with E-state index in [9.17, 15) is 13.2 Å². The van der Waals surface area contributed by atoms with Crippen LogP contribution in [0.5, 0.6) is 0 Å². The zero-order valence-electron chi connectivity index (χ0n) is 14.8. The summed E-state index contributed by atoms with van der Waals surface area (Å²) in [6, 6.07) is 6.31. The second-order valence-electron chi connectivity index (χ2n) is 5.52. The van der Waals surface area contributed by atoms with Crippen molar-refractivity contribution in [3.8, 4) is 0 Å². The van der Waals surface area contributed by atoms with Gasteiger partial charge in [-0.3, -0.25) is 4.79 Å². The SMILES string of the molecule is CCN(CC)S(=O)(=O)c1ccc(NC(=O)CSCCN(C)C)cc1. The first kappa shape index (κ1) is 21.0. The number of thioether (sulfide) groups is 1. The van der Waals surface area contributed by atoms with E-state index >= 15 is 0 Å². The Hall–Kier alpha value is -1.09. The van der Waals surface area contributed by atoms with Crippen molar-refractivity contribution < 1.29 is 13.2 Å². The summed E-state index contributed by atoms with van der Waals surface area (Å²) in [5.74, 6) is 1.19. The maximum atomic E-state index is 12.4. The van der Waals surface area contributed by atoms with Crippen LogP contribution in [0.3, 0.4) is 0 Å². The predicted molar refractivity (Wildman–Crippen MR) is 101 cm³/mol. The van der Waals surface area contributed by atoms with Gasteiger partial charge in [-0.1, -0.05) is 13.8 Å². The fraction of sp³-hybridized carbons (Fsp3) is 0.562. The Morgan fingerprint density at radius 2 is 1.71 bits per heavy atom. The first-order valence-electron chi connectivity index (χ1n) is 7.93. The van der Waals surface area contributed by atoms with Crippen LogP contribution in [0.1, 0.15) is 13.8 Å². The molecule has 1 N–H and O–H groups in total. The fourth-order valence-electron chi connectivity index (χ4n) is 2.03. The lowest BCUT2D eigenvalue weighted by Crippen LogP contribution is -2.30. The van der Waals surface area contributed by atoms with Crippen LogP contribution in [0, 0.1) is 0 Å². The second-order valence-corrected chi connectivity index (χ2v) is 8.56. The largest absolute Gasteiger partial charge is 0.325 e. The number of carbonyl (C=O) groups excluding carboxylic acids is 1. The summed E-state index contributed by atoms with van der Waals surface area (Å²) in [4.78, 5) is 14.2.